The van der Waals surface area contributed by atoms with E-state index < -0.39 is 45.9 Å². The van der Waals surface area contributed by atoms with Crippen LogP contribution in [0.15, 0.2) is 22.7 Å². The minimum atomic E-state index is -4.66. The quantitative estimate of drug-likeness (QED) is 0.842. The van der Waals surface area contributed by atoms with Crippen LogP contribution in [0.25, 0.3) is 0 Å². The number of rotatable bonds is 2. The van der Waals surface area contributed by atoms with Crippen LogP contribution in [0.2, 0.25) is 0 Å². The molecule has 0 saturated carbocycles. The van der Waals surface area contributed by atoms with Crippen LogP contribution in [0.4, 0.5) is 18.9 Å². The summed E-state index contributed by atoms with van der Waals surface area (Å²) < 4.78 is 61.9. The maximum absolute atomic E-state index is 13.0. The van der Waals surface area contributed by atoms with Crippen molar-refractivity contribution in [1.29, 1.82) is 0 Å². The number of carbonyl (C=O) groups excluding carboxylic acids is 1. The van der Waals surface area contributed by atoms with Gasteiger partial charge in [-0.3, -0.25) is 4.79 Å². The topological polar surface area (TPSA) is 80.5 Å². The van der Waals surface area contributed by atoms with Gasteiger partial charge in [0.2, 0.25) is 15.9 Å². The zero-order valence-electron chi connectivity index (χ0n) is 10.4. The highest BCUT2D eigenvalue weighted by atomic mass is 79.9. The van der Waals surface area contributed by atoms with Gasteiger partial charge in [-0.25, -0.2) is 13.6 Å². The van der Waals surface area contributed by atoms with Gasteiger partial charge in [-0.15, -0.1) is 0 Å². The lowest BCUT2D eigenvalue weighted by Gasteiger charge is -2.21. The fourth-order valence-corrected chi connectivity index (χ4v) is 3.18. The SMILES string of the molecule is NS(=O)(=O)C1CC(=O)N(c2cc(Br)ccc2C(F)(F)F)C1. The molecule has 1 aromatic rings. The first-order valence-electron chi connectivity index (χ1n) is 5.69. The average molecular weight is 387 g/mol. The van der Waals surface area contributed by atoms with Crippen molar-refractivity contribution in [3.8, 4) is 0 Å². The number of halogens is 4. The zero-order chi connectivity index (χ0) is 16.0. The molecule has 0 aromatic heterocycles. The Hall–Kier alpha value is -1.13. The molecule has 1 saturated heterocycles. The normalized spacial score (nSPS) is 20.1. The highest BCUT2D eigenvalue weighted by molar-refractivity contribution is 9.10. The Kier molecular flexibility index (Phi) is 4.06. The van der Waals surface area contributed by atoms with E-state index in [2.05, 4.69) is 15.9 Å². The Morgan fingerprint density at radius 2 is 1.95 bits per heavy atom. The fourth-order valence-electron chi connectivity index (χ4n) is 2.10. The molecule has 0 spiro atoms. The molecule has 2 rings (SSSR count). The number of nitrogens with two attached hydrogens (primary N) is 1. The van der Waals surface area contributed by atoms with E-state index in [0.29, 0.717) is 4.47 Å². The molecule has 1 fully saturated rings. The molecule has 1 aromatic carbocycles. The van der Waals surface area contributed by atoms with Crippen molar-refractivity contribution in [1.82, 2.24) is 0 Å². The number of amides is 1. The number of primary sulfonamides is 1. The Morgan fingerprint density at radius 3 is 2.43 bits per heavy atom. The van der Waals surface area contributed by atoms with Crippen LogP contribution in [-0.4, -0.2) is 26.1 Å². The van der Waals surface area contributed by atoms with Crippen LogP contribution in [0, 0.1) is 0 Å². The number of anilines is 1. The lowest BCUT2D eigenvalue weighted by Crippen LogP contribution is -2.33. The Bertz CT molecular complexity index is 690. The summed E-state index contributed by atoms with van der Waals surface area (Å²) in [5.41, 5.74) is -1.39. The maximum Gasteiger partial charge on any atom is 0.418 e. The van der Waals surface area contributed by atoms with E-state index in [1.807, 2.05) is 0 Å². The summed E-state index contributed by atoms with van der Waals surface area (Å²) in [6.45, 7) is -0.392. The Balaban J connectivity index is 2.48. The Labute approximate surface area is 127 Å². The molecule has 21 heavy (non-hydrogen) atoms. The minimum Gasteiger partial charge on any atom is -0.310 e. The second kappa shape index (κ2) is 5.25. The van der Waals surface area contributed by atoms with E-state index in [1.54, 1.807) is 0 Å². The van der Waals surface area contributed by atoms with E-state index in [4.69, 9.17) is 5.14 Å². The summed E-state index contributed by atoms with van der Waals surface area (Å²) in [7, 11) is -3.99. The van der Waals surface area contributed by atoms with Crippen LogP contribution < -0.4 is 10.0 Å². The molecule has 2 N–H and O–H groups in total. The van der Waals surface area contributed by atoms with Crippen molar-refractivity contribution in [2.45, 2.75) is 17.8 Å². The van der Waals surface area contributed by atoms with Crippen LogP contribution in [0.1, 0.15) is 12.0 Å². The first-order chi connectivity index (χ1) is 9.50. The lowest BCUT2D eigenvalue weighted by molar-refractivity contribution is -0.137. The number of hydrogen-bond acceptors (Lipinski definition) is 3. The van der Waals surface area contributed by atoms with Crippen LogP contribution in [0.3, 0.4) is 0 Å². The first-order valence-corrected chi connectivity index (χ1v) is 8.09. The van der Waals surface area contributed by atoms with Gasteiger partial charge in [-0.05, 0) is 18.2 Å². The van der Waals surface area contributed by atoms with Crippen LogP contribution in [-0.2, 0) is 21.0 Å². The number of benzene rings is 1. The van der Waals surface area contributed by atoms with E-state index >= 15 is 0 Å². The summed E-state index contributed by atoms with van der Waals surface area (Å²) in [6, 6.07) is 3.16. The van der Waals surface area contributed by atoms with Gasteiger partial charge in [0.05, 0.1) is 11.3 Å². The predicted octanol–water partition coefficient (Wildman–Crippen LogP) is 1.86. The van der Waals surface area contributed by atoms with Crippen molar-refractivity contribution in [2.75, 3.05) is 11.4 Å². The van der Waals surface area contributed by atoms with E-state index in [1.165, 1.54) is 6.07 Å². The molecule has 1 unspecified atom stereocenters. The van der Waals surface area contributed by atoms with Gasteiger partial charge in [-0.2, -0.15) is 13.2 Å². The summed E-state index contributed by atoms with van der Waals surface area (Å²) in [5.74, 6) is -0.711. The van der Waals surface area contributed by atoms with Gasteiger partial charge in [0.15, 0.2) is 0 Å². The second-order valence-corrected chi connectivity index (χ2v) is 7.34. The van der Waals surface area contributed by atoms with Gasteiger partial charge < -0.3 is 4.90 Å². The number of sulfonamides is 1. The van der Waals surface area contributed by atoms with Gasteiger partial charge in [-0.1, -0.05) is 15.9 Å². The summed E-state index contributed by atoms with van der Waals surface area (Å²) in [4.78, 5) is 12.7. The minimum absolute atomic E-state index is 0.345. The molecule has 1 heterocycles. The molecule has 1 aliphatic heterocycles. The summed E-state index contributed by atoms with van der Waals surface area (Å²) >= 11 is 3.04. The largest absolute Gasteiger partial charge is 0.418 e. The third kappa shape index (κ3) is 3.38. The van der Waals surface area contributed by atoms with E-state index in [-0.39, 0.29) is 5.69 Å². The van der Waals surface area contributed by atoms with Crippen molar-refractivity contribution in [3.05, 3.63) is 28.2 Å². The number of nitrogens with zero attached hydrogens (tertiary/aromatic N) is 1. The Morgan fingerprint density at radius 1 is 1.33 bits per heavy atom. The molecular weight excluding hydrogens is 377 g/mol. The average Bonchev–Trinajstić information content (AvgIpc) is 2.69. The monoisotopic (exact) mass is 386 g/mol. The number of carbonyl (C=O) groups is 1. The van der Waals surface area contributed by atoms with Crippen LogP contribution >= 0.6 is 15.9 Å². The third-order valence-corrected chi connectivity index (χ3v) is 4.85. The van der Waals surface area contributed by atoms with E-state index in [0.717, 1.165) is 17.0 Å². The third-order valence-electron chi connectivity index (χ3n) is 3.11. The number of hydrogen-bond donors (Lipinski definition) is 1. The maximum atomic E-state index is 13.0. The molecule has 0 aliphatic carbocycles. The standard InChI is InChI=1S/C11H10BrF3N2O3S/c12-6-1-2-8(11(13,14)15)9(3-6)17-5-7(4-10(17)18)21(16,19)20/h1-3,7H,4-5H2,(H2,16,19,20). The van der Waals surface area contributed by atoms with E-state index in [9.17, 15) is 26.4 Å². The van der Waals surface area contributed by atoms with Gasteiger partial charge in [0.25, 0.3) is 0 Å². The van der Waals surface area contributed by atoms with Crippen LogP contribution in [0.5, 0.6) is 0 Å². The molecule has 10 heteroatoms. The molecule has 1 atom stereocenters. The second-order valence-electron chi connectivity index (χ2n) is 4.58. The zero-order valence-corrected chi connectivity index (χ0v) is 12.8. The molecule has 5 nitrogen and oxygen atoms in total. The molecule has 116 valence electrons. The first kappa shape index (κ1) is 16.2. The predicted molar refractivity (Wildman–Crippen MR) is 73.0 cm³/mol. The van der Waals surface area contributed by atoms with Gasteiger partial charge in [0.1, 0.15) is 5.25 Å². The smallest absolute Gasteiger partial charge is 0.310 e. The van der Waals surface area contributed by atoms with Crippen molar-refractivity contribution in [2.24, 2.45) is 5.14 Å². The molecule has 0 radical (unpaired) electrons. The molecule has 0 bridgehead atoms. The van der Waals surface area contributed by atoms with Crippen molar-refractivity contribution >= 4 is 37.5 Å². The van der Waals surface area contributed by atoms with Crippen molar-refractivity contribution in [3.63, 3.8) is 0 Å². The van der Waals surface area contributed by atoms with Gasteiger partial charge >= 0.3 is 6.18 Å². The lowest BCUT2D eigenvalue weighted by atomic mass is 10.1. The molecular formula is C11H10BrF3N2O3S. The molecule has 1 amide bonds. The highest BCUT2D eigenvalue weighted by Crippen LogP contribution is 2.39. The van der Waals surface area contributed by atoms with Gasteiger partial charge in [0, 0.05) is 17.4 Å². The summed E-state index contributed by atoms with van der Waals surface area (Å²) in [6.07, 6.45) is -5.08. The highest BCUT2D eigenvalue weighted by Gasteiger charge is 2.41. The molecule has 1 aliphatic rings. The summed E-state index contributed by atoms with van der Waals surface area (Å²) in [5, 5.41) is 3.76. The number of alkyl halides is 3. The fraction of sp³-hybridized carbons (Fsp3) is 0.364. The van der Waals surface area contributed by atoms with Crippen molar-refractivity contribution < 1.29 is 26.4 Å².